The van der Waals surface area contributed by atoms with Gasteiger partial charge in [-0.25, -0.2) is 10.3 Å². The zero-order valence-electron chi connectivity index (χ0n) is 71.2. The van der Waals surface area contributed by atoms with Crippen molar-refractivity contribution in [3.05, 3.63) is 179 Å². The number of primary amides is 1. The van der Waals surface area contributed by atoms with Crippen molar-refractivity contribution in [3.63, 3.8) is 0 Å². The fourth-order valence-corrected chi connectivity index (χ4v) is 16.7. The second-order valence-electron chi connectivity index (χ2n) is 32.8. The molecule has 6 aromatic carbocycles. The number of fused-ring (bicyclic) bond motifs is 15. The number of benzene rings is 6. The molecule has 15 rings (SSSR count). The Morgan fingerprint density at radius 1 is 0.705 bits per heavy atom. The van der Waals surface area contributed by atoms with Crippen molar-refractivity contribution in [1.82, 2.24) is 62.5 Å². The molecule has 1 aromatic heterocycles. The maximum atomic E-state index is 16.4. The molecular weight excluding hydrogens is 1810 g/mol. The number of carbonyl (C=O) groups excluding carboxylic acids is 9. The molecule has 8 aliphatic heterocycles. The zero-order chi connectivity index (χ0) is 95.0. The molecule has 18 unspecified atom stereocenters. The van der Waals surface area contributed by atoms with Crippen LogP contribution in [0.1, 0.15) is 111 Å². The van der Waals surface area contributed by atoms with Crippen molar-refractivity contribution in [1.29, 1.82) is 0 Å². The first kappa shape index (κ1) is 98.1. The number of nitrogens with two attached hydrogens (primary N) is 1. The topological polar surface area (TPSA) is 594 Å². The van der Waals surface area contributed by atoms with Crippen molar-refractivity contribution >= 4 is 111 Å². The van der Waals surface area contributed by atoms with E-state index in [0.717, 1.165) is 66.7 Å². The number of aromatic nitrogens is 2. The number of carbonyl (C=O) groups is 9. The molecule has 0 aliphatic carbocycles. The molecule has 21 N–H and O–H groups in total. The number of anilines is 1. The Labute approximate surface area is 772 Å². The molecule has 45 heteroatoms. The minimum Gasteiger partial charge on any atom is -0.508 e. The lowest BCUT2D eigenvalue weighted by Crippen LogP contribution is -2.65. The molecule has 11 bridgehead atoms. The highest BCUT2D eigenvalue weighted by atomic mass is 35.5. The number of nitrogens with zero attached hydrogens (tertiary/aromatic N) is 3. The number of halogens is 4. The van der Waals surface area contributed by atoms with Gasteiger partial charge < -0.3 is 133 Å². The minimum atomic E-state index is -2.40. The van der Waals surface area contributed by atoms with Crippen LogP contribution in [0.3, 0.4) is 0 Å². The third kappa shape index (κ3) is 22.9. The number of aliphatic hydroxyl groups is 6. The smallest absolute Gasteiger partial charge is 0.349 e. The summed E-state index contributed by atoms with van der Waals surface area (Å²) in [7, 11) is 1.47. The van der Waals surface area contributed by atoms with Gasteiger partial charge in [-0.05, 0) is 145 Å². The molecule has 8 aliphatic rings. The molecular formula is C87H98Cl4N14O27. The monoisotopic (exact) mass is 1910 g/mol. The van der Waals surface area contributed by atoms with Gasteiger partial charge in [0.15, 0.2) is 23.9 Å². The molecule has 0 spiro atoms. The fraction of sp³-hybridized carbons (Fsp3) is 0.414. The number of aromatic hydroxyl groups is 3. The first-order valence-corrected chi connectivity index (χ1v) is 43.3. The van der Waals surface area contributed by atoms with Crippen LogP contribution in [0.25, 0.3) is 17.2 Å². The molecule has 18 atom stereocenters. The summed E-state index contributed by atoms with van der Waals surface area (Å²) in [6.45, 7) is 7.61. The Morgan fingerprint density at radius 2 is 1.37 bits per heavy atom. The van der Waals surface area contributed by atoms with E-state index >= 15 is 24.0 Å². The highest BCUT2D eigenvalue weighted by molar-refractivity contribution is 6.42. The number of phenols is 3. The largest absolute Gasteiger partial charge is 0.508 e. The highest BCUT2D eigenvalue weighted by Crippen LogP contribution is 2.50. The summed E-state index contributed by atoms with van der Waals surface area (Å²) in [6.07, 6.45) is -15.6. The number of rotatable bonds is 24. The van der Waals surface area contributed by atoms with E-state index in [2.05, 4.69) is 58.3 Å². The SMILES string of the molecule is CNC(CC(C)C)C(=O)NC1C(=O)NC(CC(N)=O)C(=O)NC2C(=O)NC3C(=O)NC(C(=O)NC(C(=O)NOCCN4CCOCC4)c4cc(O)cc(O)c4-c4cc3ccc4O)C(O)c3ccc(c(Cl)c3)Oc3cc2cc(c3OC2OC(CO)C(O)C(O)C2OC2CC(C)(NCCn3ccc(NC(=O)/C=C/c4ccc(Cl)c(Cl)c4)nc3=O)C(O)C(C)O2)Oc2ccc(cc2Cl)C1O. The number of amides is 9. The summed E-state index contributed by atoms with van der Waals surface area (Å²) < 4.78 is 46.2. The number of ether oxygens (including phenoxy) is 7. The van der Waals surface area contributed by atoms with Crippen molar-refractivity contribution in [2.45, 2.75) is 163 Å². The van der Waals surface area contributed by atoms with Crippen molar-refractivity contribution in [2.75, 3.05) is 65.0 Å². The molecule has 9 amide bonds. The molecule has 3 saturated heterocycles. The van der Waals surface area contributed by atoms with Gasteiger partial charge in [-0.3, -0.25) is 57.5 Å². The van der Waals surface area contributed by atoms with Crippen molar-refractivity contribution < 1.29 is 127 Å². The van der Waals surface area contributed by atoms with E-state index in [1.54, 1.807) is 25.1 Å². The van der Waals surface area contributed by atoms with Crippen LogP contribution in [-0.2, 0) is 73.5 Å². The lowest BCUT2D eigenvalue weighted by molar-refractivity contribution is -0.334. The Kier molecular flexibility index (Phi) is 31.7. The standard InChI is InChI=1S/C87H98Cl4N14O27/c1-38(2)26-52(93-5)78(117)101-69-71(112)42-9-13-56(50(90)29-42)128-58-31-44-32-59(75(58)132-85-76(74(115)73(114)60(37-106)130-85)131-64-36-87(4,77(116)39(3)127-64)94-17-19-105-18-16-62(97-86(105)124)96-63(111)15-7-40-6-11-48(88)49(89)27-40)129-57-14-10-43(30-51(57)91)72(113)70-83(122)100-68(84(123)103-126-25-22-104-20-23-125-24-21-104)47-33-45(107)34-55(109)65(47)46-28-41(8-12-54(46)108)66(80(119)102-70)99-81(120)67(44)98-79(118)53(35-61(92)110)95-82(69)121/h6-16,18,27-34,38-39,52-53,60,64,66-74,76-77,85,93-94,106-109,112-116H,17,19-26,35-37H2,1-5H3,(H2,92,110)(H,95,121)(H,98,118)(H,99,120)(H,100,122)(H,101,117)(H,102,119)(H,103,123)(H,96,97,111,124)/b15-7+. The predicted molar refractivity (Wildman–Crippen MR) is 469 cm³/mol. The number of hydrogen-bond donors (Lipinski definition) is 20. The quantitative estimate of drug-likeness (QED) is 0.0234. The normalized spacial score (nSPS) is 26.1. The van der Waals surface area contributed by atoms with Gasteiger partial charge in [0.25, 0.3) is 5.91 Å². The van der Waals surface area contributed by atoms with Gasteiger partial charge in [0.2, 0.25) is 59.3 Å². The van der Waals surface area contributed by atoms with Gasteiger partial charge >= 0.3 is 5.69 Å². The number of likely N-dealkylation sites (N-methyl/N-ethyl adjacent to an activating group) is 1. The molecule has 132 heavy (non-hydrogen) atoms. The van der Waals surface area contributed by atoms with E-state index < -0.39 is 254 Å². The maximum absolute atomic E-state index is 16.4. The van der Waals surface area contributed by atoms with Gasteiger partial charge in [0.05, 0.1) is 71.2 Å². The maximum Gasteiger partial charge on any atom is 0.349 e. The van der Waals surface area contributed by atoms with Crippen LogP contribution in [0, 0.1) is 5.92 Å². The predicted octanol–water partition coefficient (Wildman–Crippen LogP) is 2.25. The Balaban J connectivity index is 0.928. The molecule has 0 radical (unpaired) electrons. The third-order valence-electron chi connectivity index (χ3n) is 22.9. The van der Waals surface area contributed by atoms with Crippen LogP contribution in [0.5, 0.6) is 46.0 Å². The van der Waals surface area contributed by atoms with E-state index in [-0.39, 0.29) is 78.3 Å². The molecule has 41 nitrogen and oxygen atoms in total. The molecule has 7 aromatic rings. The zero-order valence-corrected chi connectivity index (χ0v) is 74.3. The molecule has 9 heterocycles. The average Bonchev–Trinajstić information content (AvgIpc) is 0.762. The number of hydroxylamine groups is 1. The molecule has 3 fully saturated rings. The van der Waals surface area contributed by atoms with Crippen LogP contribution >= 0.6 is 46.4 Å². The number of hydrogen-bond acceptors (Lipinski definition) is 31. The van der Waals surface area contributed by atoms with Crippen molar-refractivity contribution in [3.8, 4) is 57.1 Å². The summed E-state index contributed by atoms with van der Waals surface area (Å²) in [4.78, 5) is 159. The van der Waals surface area contributed by atoms with E-state index in [9.17, 15) is 69.9 Å². The number of phenolic OH excluding ortho intramolecular Hbond substituents is 3. The van der Waals surface area contributed by atoms with Crippen LogP contribution in [0.4, 0.5) is 5.82 Å². The minimum absolute atomic E-state index is 0.0466. The van der Waals surface area contributed by atoms with Crippen LogP contribution < -0.4 is 79.0 Å². The summed E-state index contributed by atoms with van der Waals surface area (Å²) in [5.41, 5.74) is 3.80. The Hall–Kier alpha value is -11.4. The van der Waals surface area contributed by atoms with E-state index in [1.165, 1.54) is 55.1 Å². The summed E-state index contributed by atoms with van der Waals surface area (Å²) in [5, 5.41) is 131. The van der Waals surface area contributed by atoms with Gasteiger partial charge in [-0.1, -0.05) is 84.5 Å². The van der Waals surface area contributed by atoms with Crippen LogP contribution in [0.15, 0.2) is 120 Å². The number of nitrogens with one attached hydrogen (secondary N) is 10. The fourth-order valence-electron chi connectivity index (χ4n) is 15.9. The highest BCUT2D eigenvalue weighted by Gasteiger charge is 2.52. The lowest BCUT2D eigenvalue weighted by atomic mass is 9.85. The first-order chi connectivity index (χ1) is 62.8. The summed E-state index contributed by atoms with van der Waals surface area (Å²) >= 11 is 26.6. The summed E-state index contributed by atoms with van der Waals surface area (Å²) in [5.74, 6) is -16.2. The summed E-state index contributed by atoms with van der Waals surface area (Å²) in [6, 6.07) is 5.70. The van der Waals surface area contributed by atoms with E-state index in [4.69, 9.17) is 90.1 Å². The Morgan fingerprint density at radius 3 is 2.02 bits per heavy atom. The molecule has 706 valence electrons. The molecule has 0 saturated carbocycles. The Bertz CT molecular complexity index is 5620. The van der Waals surface area contributed by atoms with E-state index in [0.29, 0.717) is 36.9 Å². The van der Waals surface area contributed by atoms with Crippen LogP contribution in [-0.4, -0.2) is 252 Å². The van der Waals surface area contributed by atoms with Gasteiger partial charge in [0.1, 0.15) is 101 Å². The van der Waals surface area contributed by atoms with Gasteiger partial charge in [0, 0.05) is 74.1 Å². The van der Waals surface area contributed by atoms with E-state index in [1.807, 2.05) is 18.7 Å². The number of morpholine rings is 1. The number of aliphatic hydroxyl groups excluding tert-OH is 6. The van der Waals surface area contributed by atoms with Crippen LogP contribution in [0.2, 0.25) is 20.1 Å². The third-order valence-corrected chi connectivity index (χ3v) is 24.2. The average molecular weight is 1910 g/mol. The first-order valence-electron chi connectivity index (χ1n) is 41.8. The van der Waals surface area contributed by atoms with Gasteiger partial charge in [-0.15, -0.1) is 0 Å². The second kappa shape index (κ2) is 42.6. The van der Waals surface area contributed by atoms with Gasteiger partial charge in [-0.2, -0.15) is 4.98 Å². The lowest BCUT2D eigenvalue weighted by Gasteiger charge is -2.48. The van der Waals surface area contributed by atoms with Crippen molar-refractivity contribution in [2.24, 2.45) is 11.7 Å². The second-order valence-corrected chi connectivity index (χ2v) is 34.4.